The van der Waals surface area contributed by atoms with Crippen LogP contribution in [0.2, 0.25) is 0 Å². The van der Waals surface area contributed by atoms with Crippen molar-refractivity contribution in [1.82, 2.24) is 9.78 Å². The van der Waals surface area contributed by atoms with Crippen molar-refractivity contribution in [1.29, 1.82) is 5.26 Å². The molecule has 0 fully saturated rings. The normalized spacial score (nSPS) is 11.1. The summed E-state index contributed by atoms with van der Waals surface area (Å²) in [7, 11) is 1.29. The van der Waals surface area contributed by atoms with E-state index in [1.165, 1.54) is 13.1 Å². The van der Waals surface area contributed by atoms with Crippen LogP contribution in [-0.2, 0) is 13.2 Å². The van der Waals surface area contributed by atoms with E-state index < -0.39 is 17.4 Å². The number of benzene rings is 1. The molecule has 0 N–H and O–H groups in total. The largest absolute Gasteiger partial charge is 0.438 e. The van der Waals surface area contributed by atoms with E-state index in [0.29, 0.717) is 5.75 Å². The van der Waals surface area contributed by atoms with Crippen molar-refractivity contribution in [2.24, 2.45) is 7.05 Å². The SMILES string of the molecule is Cn1nc(C(F)(F)F)c(C#N)c1Oc1ccccc1. The third kappa shape index (κ3) is 2.52. The molecule has 1 aromatic carbocycles. The maximum absolute atomic E-state index is 12.7. The van der Waals surface area contributed by atoms with Crippen LogP contribution in [0.5, 0.6) is 11.6 Å². The molecule has 0 amide bonds. The molecule has 0 saturated heterocycles. The van der Waals surface area contributed by atoms with Crippen LogP contribution >= 0.6 is 0 Å². The lowest BCUT2D eigenvalue weighted by molar-refractivity contribution is -0.141. The first kappa shape index (κ1) is 13.0. The van der Waals surface area contributed by atoms with Gasteiger partial charge in [0, 0.05) is 7.05 Å². The van der Waals surface area contributed by atoms with Crippen LogP contribution < -0.4 is 4.74 Å². The van der Waals surface area contributed by atoms with Crippen molar-refractivity contribution in [3.63, 3.8) is 0 Å². The van der Waals surface area contributed by atoms with Gasteiger partial charge in [0.1, 0.15) is 17.4 Å². The van der Waals surface area contributed by atoms with Gasteiger partial charge in [-0.3, -0.25) is 0 Å². The Balaban J connectivity index is 2.47. The Hall–Kier alpha value is -2.49. The number of alkyl halides is 3. The van der Waals surface area contributed by atoms with Crippen LogP contribution in [0.1, 0.15) is 11.3 Å². The molecule has 1 heterocycles. The van der Waals surface area contributed by atoms with Crippen molar-refractivity contribution in [2.75, 3.05) is 0 Å². The summed E-state index contributed by atoms with van der Waals surface area (Å²) >= 11 is 0. The summed E-state index contributed by atoms with van der Waals surface area (Å²) in [5, 5.41) is 12.2. The Morgan fingerprint density at radius 1 is 1.26 bits per heavy atom. The monoisotopic (exact) mass is 267 g/mol. The van der Waals surface area contributed by atoms with Gasteiger partial charge < -0.3 is 4.74 Å². The first-order valence-electron chi connectivity index (χ1n) is 5.20. The molecule has 0 spiro atoms. The summed E-state index contributed by atoms with van der Waals surface area (Å²) < 4.78 is 44.2. The van der Waals surface area contributed by atoms with Gasteiger partial charge in [-0.2, -0.15) is 23.5 Å². The van der Waals surface area contributed by atoms with Crippen LogP contribution in [0.25, 0.3) is 0 Å². The molecule has 0 aliphatic carbocycles. The fraction of sp³-hybridized carbons (Fsp3) is 0.167. The smallest absolute Gasteiger partial charge is 0.436 e. The second-order valence-corrected chi connectivity index (χ2v) is 3.68. The van der Waals surface area contributed by atoms with Gasteiger partial charge in [0.2, 0.25) is 5.88 Å². The van der Waals surface area contributed by atoms with E-state index in [-0.39, 0.29) is 5.88 Å². The molecule has 0 aliphatic rings. The Labute approximate surface area is 106 Å². The first-order chi connectivity index (χ1) is 8.93. The van der Waals surface area contributed by atoms with Crippen molar-refractivity contribution < 1.29 is 17.9 Å². The predicted molar refractivity (Wildman–Crippen MR) is 59.4 cm³/mol. The highest BCUT2D eigenvalue weighted by Gasteiger charge is 2.39. The van der Waals surface area contributed by atoms with Crippen molar-refractivity contribution in [3.8, 4) is 17.7 Å². The molecule has 0 unspecified atom stereocenters. The van der Waals surface area contributed by atoms with Crippen LogP contribution in [0.3, 0.4) is 0 Å². The van der Waals surface area contributed by atoms with Crippen LogP contribution in [-0.4, -0.2) is 9.78 Å². The van der Waals surface area contributed by atoms with E-state index in [2.05, 4.69) is 5.10 Å². The number of nitriles is 1. The molecule has 7 heteroatoms. The molecule has 4 nitrogen and oxygen atoms in total. The lowest BCUT2D eigenvalue weighted by Gasteiger charge is -2.05. The van der Waals surface area contributed by atoms with Crippen LogP contribution in [0.4, 0.5) is 13.2 Å². The van der Waals surface area contributed by atoms with E-state index in [9.17, 15) is 13.2 Å². The Bertz CT molecular complexity index is 626. The fourth-order valence-electron chi connectivity index (χ4n) is 1.52. The second kappa shape index (κ2) is 4.65. The van der Waals surface area contributed by atoms with Gasteiger partial charge >= 0.3 is 6.18 Å². The maximum atomic E-state index is 12.7. The molecular formula is C12H8F3N3O. The van der Waals surface area contributed by atoms with Gasteiger partial charge in [0.25, 0.3) is 0 Å². The van der Waals surface area contributed by atoms with Crippen LogP contribution in [0.15, 0.2) is 30.3 Å². The van der Waals surface area contributed by atoms with E-state index in [1.54, 1.807) is 30.3 Å². The number of ether oxygens (including phenoxy) is 1. The number of para-hydroxylation sites is 1. The maximum Gasteiger partial charge on any atom is 0.436 e. The third-order valence-electron chi connectivity index (χ3n) is 2.33. The minimum absolute atomic E-state index is 0.235. The number of rotatable bonds is 2. The molecule has 0 atom stereocenters. The van der Waals surface area contributed by atoms with Crippen molar-refractivity contribution >= 4 is 0 Å². The molecule has 1 aromatic heterocycles. The first-order valence-corrected chi connectivity index (χ1v) is 5.20. The van der Waals surface area contributed by atoms with Gasteiger partial charge in [0.15, 0.2) is 5.69 Å². The molecule has 0 radical (unpaired) electrons. The van der Waals surface area contributed by atoms with Gasteiger partial charge in [-0.25, -0.2) is 4.68 Å². The van der Waals surface area contributed by atoms with E-state index >= 15 is 0 Å². The summed E-state index contributed by atoms with van der Waals surface area (Å²) in [6.07, 6.45) is -4.69. The summed E-state index contributed by atoms with van der Waals surface area (Å²) in [6.45, 7) is 0. The highest BCUT2D eigenvalue weighted by Crippen LogP contribution is 2.36. The van der Waals surface area contributed by atoms with Crippen molar-refractivity contribution in [2.45, 2.75) is 6.18 Å². The number of hydrogen-bond acceptors (Lipinski definition) is 3. The molecule has 2 rings (SSSR count). The van der Waals surface area contributed by atoms with Gasteiger partial charge in [0.05, 0.1) is 0 Å². The standard InChI is InChI=1S/C12H8F3N3O/c1-18-11(19-8-5-3-2-4-6-8)9(7-16)10(17-18)12(13,14)15/h2-6H,1H3. The van der Waals surface area contributed by atoms with E-state index in [0.717, 1.165) is 4.68 Å². The van der Waals surface area contributed by atoms with E-state index in [4.69, 9.17) is 10.00 Å². The molecule has 19 heavy (non-hydrogen) atoms. The van der Waals surface area contributed by atoms with Gasteiger partial charge in [-0.05, 0) is 12.1 Å². The Morgan fingerprint density at radius 2 is 1.89 bits per heavy atom. The highest BCUT2D eigenvalue weighted by atomic mass is 19.4. The Morgan fingerprint density at radius 3 is 2.42 bits per heavy atom. The lowest BCUT2D eigenvalue weighted by atomic mass is 10.2. The number of aryl methyl sites for hydroxylation is 1. The average Bonchev–Trinajstić information content (AvgIpc) is 2.68. The topological polar surface area (TPSA) is 50.8 Å². The molecule has 0 saturated carbocycles. The summed E-state index contributed by atoms with van der Waals surface area (Å²) in [5.74, 6) is 0.0942. The van der Waals surface area contributed by atoms with Gasteiger partial charge in [-0.1, -0.05) is 18.2 Å². The number of aromatic nitrogens is 2. The number of hydrogen-bond donors (Lipinski definition) is 0. The summed E-state index contributed by atoms with van der Waals surface area (Å²) in [4.78, 5) is 0. The highest BCUT2D eigenvalue weighted by molar-refractivity contribution is 5.45. The van der Waals surface area contributed by atoms with Crippen molar-refractivity contribution in [3.05, 3.63) is 41.6 Å². The fourth-order valence-corrected chi connectivity index (χ4v) is 1.52. The number of nitrogens with zero attached hydrogens (tertiary/aromatic N) is 3. The lowest BCUT2D eigenvalue weighted by Crippen LogP contribution is -2.08. The van der Waals surface area contributed by atoms with Crippen LogP contribution in [0, 0.1) is 11.3 Å². The average molecular weight is 267 g/mol. The Kier molecular flexibility index (Phi) is 3.17. The second-order valence-electron chi connectivity index (χ2n) is 3.68. The minimum atomic E-state index is -4.69. The molecule has 0 aliphatic heterocycles. The zero-order chi connectivity index (χ0) is 14.0. The molecule has 98 valence electrons. The molecule has 0 bridgehead atoms. The zero-order valence-electron chi connectivity index (χ0n) is 9.77. The summed E-state index contributed by atoms with van der Waals surface area (Å²) in [5.41, 5.74) is -1.87. The van der Waals surface area contributed by atoms with Gasteiger partial charge in [-0.15, -0.1) is 0 Å². The zero-order valence-corrected chi connectivity index (χ0v) is 9.77. The third-order valence-corrected chi connectivity index (χ3v) is 2.33. The minimum Gasteiger partial charge on any atom is -0.438 e. The predicted octanol–water partition coefficient (Wildman–Crippen LogP) is 3.10. The molecular weight excluding hydrogens is 259 g/mol. The van der Waals surface area contributed by atoms with E-state index in [1.807, 2.05) is 0 Å². The summed E-state index contributed by atoms with van der Waals surface area (Å²) in [6, 6.07) is 9.70. The molecule has 2 aromatic rings. The quantitative estimate of drug-likeness (QED) is 0.840. The number of halogens is 3.